The van der Waals surface area contributed by atoms with Gasteiger partial charge in [0.25, 0.3) is 0 Å². The molecule has 5 heteroatoms. The highest BCUT2D eigenvalue weighted by atomic mass is 16.5. The quantitative estimate of drug-likeness (QED) is 0.743. The van der Waals surface area contributed by atoms with Crippen molar-refractivity contribution in [3.63, 3.8) is 0 Å². The summed E-state index contributed by atoms with van der Waals surface area (Å²) in [4.78, 5) is 14.3. The predicted molar refractivity (Wildman–Crippen MR) is 77.2 cm³/mol. The van der Waals surface area contributed by atoms with Gasteiger partial charge in [-0.2, -0.15) is 0 Å². The van der Waals surface area contributed by atoms with E-state index < -0.39 is 0 Å². The monoisotopic (exact) mass is 271 g/mol. The Labute approximate surface area is 117 Å². The fraction of sp³-hybridized carbons (Fsp3) is 0.929. The molecule has 1 aliphatic rings. The van der Waals surface area contributed by atoms with E-state index in [9.17, 15) is 4.79 Å². The zero-order valence-corrected chi connectivity index (χ0v) is 12.8. The summed E-state index contributed by atoms with van der Waals surface area (Å²) in [5.41, 5.74) is 0.117. The van der Waals surface area contributed by atoms with Crippen molar-refractivity contribution in [2.24, 2.45) is 0 Å². The molecule has 1 amide bonds. The third-order valence-corrected chi connectivity index (χ3v) is 3.15. The van der Waals surface area contributed by atoms with Crippen LogP contribution in [0, 0.1) is 0 Å². The number of morpholine rings is 1. The molecule has 0 bridgehead atoms. The highest BCUT2D eigenvalue weighted by Gasteiger charge is 2.28. The molecule has 0 radical (unpaired) electrons. The van der Waals surface area contributed by atoms with Crippen LogP contribution in [0.5, 0.6) is 0 Å². The summed E-state index contributed by atoms with van der Waals surface area (Å²) >= 11 is 0. The van der Waals surface area contributed by atoms with Crippen LogP contribution in [0.2, 0.25) is 0 Å². The van der Waals surface area contributed by atoms with E-state index in [0.29, 0.717) is 13.2 Å². The molecule has 1 fully saturated rings. The van der Waals surface area contributed by atoms with Gasteiger partial charge in [0.15, 0.2) is 0 Å². The largest absolute Gasteiger partial charge is 0.378 e. The summed E-state index contributed by atoms with van der Waals surface area (Å²) in [6, 6.07) is -0.137. The van der Waals surface area contributed by atoms with E-state index in [-0.39, 0.29) is 17.5 Å². The lowest BCUT2D eigenvalue weighted by atomic mass is 10.1. The van der Waals surface area contributed by atoms with Gasteiger partial charge in [0.2, 0.25) is 5.91 Å². The van der Waals surface area contributed by atoms with E-state index in [1.165, 1.54) is 0 Å². The van der Waals surface area contributed by atoms with Gasteiger partial charge in [0, 0.05) is 31.7 Å². The zero-order chi connectivity index (χ0) is 14.3. The molecular formula is C14H29N3O2. The van der Waals surface area contributed by atoms with Gasteiger partial charge >= 0.3 is 0 Å². The second-order valence-corrected chi connectivity index (χ2v) is 6.09. The Kier molecular flexibility index (Phi) is 6.75. The molecule has 112 valence electrons. The SMILES string of the molecule is CCCNC(=O)C1COCCN1CCNC(C)(C)C. The van der Waals surface area contributed by atoms with Crippen LogP contribution in [-0.2, 0) is 9.53 Å². The lowest BCUT2D eigenvalue weighted by Crippen LogP contribution is -2.55. The van der Waals surface area contributed by atoms with Crippen molar-refractivity contribution in [1.82, 2.24) is 15.5 Å². The Morgan fingerprint density at radius 1 is 1.37 bits per heavy atom. The Hall–Kier alpha value is -0.650. The summed E-state index contributed by atoms with van der Waals surface area (Å²) in [6.45, 7) is 13.1. The first-order valence-electron chi connectivity index (χ1n) is 7.28. The number of nitrogens with one attached hydrogen (secondary N) is 2. The maximum absolute atomic E-state index is 12.1. The number of nitrogens with zero attached hydrogens (tertiary/aromatic N) is 1. The molecule has 0 aliphatic carbocycles. The van der Waals surface area contributed by atoms with E-state index in [4.69, 9.17) is 4.74 Å². The number of hydrogen-bond acceptors (Lipinski definition) is 4. The minimum absolute atomic E-state index is 0.0947. The maximum atomic E-state index is 12.1. The molecule has 2 N–H and O–H groups in total. The first-order chi connectivity index (χ1) is 8.94. The van der Waals surface area contributed by atoms with Gasteiger partial charge in [-0.05, 0) is 27.2 Å². The molecule has 1 atom stereocenters. The van der Waals surface area contributed by atoms with Crippen LogP contribution in [-0.4, -0.2) is 61.8 Å². The number of amides is 1. The van der Waals surface area contributed by atoms with Crippen molar-refractivity contribution >= 4 is 5.91 Å². The zero-order valence-electron chi connectivity index (χ0n) is 12.8. The predicted octanol–water partition coefficient (Wildman–Crippen LogP) is 0.602. The summed E-state index contributed by atoms with van der Waals surface area (Å²) < 4.78 is 5.44. The third kappa shape index (κ3) is 6.36. The molecule has 0 aromatic carbocycles. The standard InChI is InChI=1S/C14H29N3O2/c1-5-6-15-13(18)12-11-19-10-9-17(12)8-7-16-14(2,3)4/h12,16H,5-11H2,1-4H3,(H,15,18). The molecule has 0 saturated carbocycles. The molecule has 1 unspecified atom stereocenters. The van der Waals surface area contributed by atoms with Crippen LogP contribution < -0.4 is 10.6 Å². The number of hydrogen-bond donors (Lipinski definition) is 2. The van der Waals surface area contributed by atoms with Crippen LogP contribution >= 0.6 is 0 Å². The Morgan fingerprint density at radius 2 is 2.11 bits per heavy atom. The van der Waals surface area contributed by atoms with Crippen molar-refractivity contribution in [2.45, 2.75) is 45.7 Å². The van der Waals surface area contributed by atoms with Gasteiger partial charge in [-0.3, -0.25) is 9.69 Å². The minimum Gasteiger partial charge on any atom is -0.378 e. The molecule has 1 heterocycles. The van der Waals surface area contributed by atoms with Crippen LogP contribution in [0.3, 0.4) is 0 Å². The molecule has 0 aromatic heterocycles. The van der Waals surface area contributed by atoms with Gasteiger partial charge in [0.1, 0.15) is 6.04 Å². The van der Waals surface area contributed by atoms with Crippen LogP contribution in [0.25, 0.3) is 0 Å². The van der Waals surface area contributed by atoms with Gasteiger partial charge in [0.05, 0.1) is 13.2 Å². The highest BCUT2D eigenvalue weighted by molar-refractivity contribution is 5.81. The first-order valence-corrected chi connectivity index (χ1v) is 7.28. The van der Waals surface area contributed by atoms with Crippen molar-refractivity contribution in [3.8, 4) is 0 Å². The molecule has 1 rings (SSSR count). The van der Waals surface area contributed by atoms with Crippen LogP contribution in [0.1, 0.15) is 34.1 Å². The topological polar surface area (TPSA) is 53.6 Å². The van der Waals surface area contributed by atoms with Crippen molar-refractivity contribution in [2.75, 3.05) is 39.4 Å². The second kappa shape index (κ2) is 7.82. The molecule has 1 aliphatic heterocycles. The average molecular weight is 271 g/mol. The smallest absolute Gasteiger partial charge is 0.239 e. The molecule has 0 aromatic rings. The minimum atomic E-state index is -0.137. The normalized spacial score (nSPS) is 21.4. The number of carbonyl (C=O) groups excluding carboxylic acids is 1. The average Bonchev–Trinajstić information content (AvgIpc) is 2.35. The number of ether oxygens (including phenoxy) is 1. The number of rotatable bonds is 6. The van der Waals surface area contributed by atoms with Crippen molar-refractivity contribution < 1.29 is 9.53 Å². The Balaban J connectivity index is 2.41. The summed E-state index contributed by atoms with van der Waals surface area (Å²) in [5, 5.41) is 6.42. The Morgan fingerprint density at radius 3 is 2.74 bits per heavy atom. The molecule has 19 heavy (non-hydrogen) atoms. The van der Waals surface area contributed by atoms with Crippen LogP contribution in [0.4, 0.5) is 0 Å². The van der Waals surface area contributed by atoms with Gasteiger partial charge < -0.3 is 15.4 Å². The van der Waals surface area contributed by atoms with Crippen molar-refractivity contribution in [1.29, 1.82) is 0 Å². The lowest BCUT2D eigenvalue weighted by Gasteiger charge is -2.35. The fourth-order valence-electron chi connectivity index (χ4n) is 2.09. The molecule has 5 nitrogen and oxygen atoms in total. The maximum Gasteiger partial charge on any atom is 0.239 e. The van der Waals surface area contributed by atoms with Crippen LogP contribution in [0.15, 0.2) is 0 Å². The molecule has 1 saturated heterocycles. The second-order valence-electron chi connectivity index (χ2n) is 6.09. The molecular weight excluding hydrogens is 242 g/mol. The van der Waals surface area contributed by atoms with Gasteiger partial charge in [-0.25, -0.2) is 0 Å². The number of carbonyl (C=O) groups is 1. The third-order valence-electron chi connectivity index (χ3n) is 3.15. The van der Waals surface area contributed by atoms with Crippen molar-refractivity contribution in [3.05, 3.63) is 0 Å². The Bertz CT molecular complexity index is 276. The first kappa shape index (κ1) is 16.4. The summed E-state index contributed by atoms with van der Waals surface area (Å²) in [6.07, 6.45) is 0.963. The van der Waals surface area contributed by atoms with E-state index >= 15 is 0 Å². The van der Waals surface area contributed by atoms with Gasteiger partial charge in [-0.15, -0.1) is 0 Å². The fourth-order valence-corrected chi connectivity index (χ4v) is 2.09. The summed E-state index contributed by atoms with van der Waals surface area (Å²) in [5.74, 6) is 0.0947. The van der Waals surface area contributed by atoms with E-state index in [1.54, 1.807) is 0 Å². The summed E-state index contributed by atoms with van der Waals surface area (Å²) in [7, 11) is 0. The molecule has 0 spiro atoms. The van der Waals surface area contributed by atoms with E-state index in [1.807, 2.05) is 0 Å². The van der Waals surface area contributed by atoms with Gasteiger partial charge in [-0.1, -0.05) is 6.92 Å². The highest BCUT2D eigenvalue weighted by Crippen LogP contribution is 2.07. The van der Waals surface area contributed by atoms with E-state index in [0.717, 1.165) is 32.6 Å². The van der Waals surface area contributed by atoms with E-state index in [2.05, 4.69) is 43.2 Å². The lowest BCUT2D eigenvalue weighted by molar-refractivity contribution is -0.132.